The lowest BCUT2D eigenvalue weighted by Gasteiger charge is -2.11. The number of carbonyl (C=O) groups excluding carboxylic acids is 3. The predicted octanol–water partition coefficient (Wildman–Crippen LogP) is 2.94. The van der Waals surface area contributed by atoms with Crippen LogP contribution < -0.4 is 16.4 Å². The summed E-state index contributed by atoms with van der Waals surface area (Å²) in [5, 5.41) is 5.25. The molecule has 0 heterocycles. The minimum absolute atomic E-state index is 0.0405. The first kappa shape index (κ1) is 20.5. The molecule has 3 aromatic carbocycles. The fourth-order valence-corrected chi connectivity index (χ4v) is 2.57. The molecule has 7 nitrogen and oxygen atoms in total. The Labute approximate surface area is 173 Å². The van der Waals surface area contributed by atoms with E-state index in [-0.39, 0.29) is 5.96 Å². The zero-order chi connectivity index (χ0) is 21.5. The summed E-state index contributed by atoms with van der Waals surface area (Å²) in [6.07, 6.45) is 0. The fraction of sp³-hybridized carbons (Fsp3) is 0.0435. The Morgan fingerprint density at radius 1 is 0.700 bits per heavy atom. The Bertz CT molecular complexity index is 1090. The average Bonchev–Trinajstić information content (AvgIpc) is 2.75. The Balaban J connectivity index is 1.87. The monoisotopic (exact) mass is 400 g/mol. The number of amides is 3. The summed E-state index contributed by atoms with van der Waals surface area (Å²) in [6, 6.07) is 21.7. The third-order valence-corrected chi connectivity index (χ3v) is 4.21. The van der Waals surface area contributed by atoms with Crippen molar-refractivity contribution in [2.24, 2.45) is 10.7 Å². The maximum Gasteiger partial charge on any atom is 0.257 e. The van der Waals surface area contributed by atoms with Crippen LogP contribution in [0.2, 0.25) is 0 Å². The smallest absolute Gasteiger partial charge is 0.257 e. The molecule has 3 rings (SSSR count). The van der Waals surface area contributed by atoms with Crippen molar-refractivity contribution in [2.75, 3.05) is 0 Å². The van der Waals surface area contributed by atoms with E-state index in [2.05, 4.69) is 15.6 Å². The summed E-state index contributed by atoms with van der Waals surface area (Å²) in [7, 11) is 0. The zero-order valence-electron chi connectivity index (χ0n) is 16.3. The van der Waals surface area contributed by atoms with Crippen molar-refractivity contribution in [3.8, 4) is 0 Å². The highest BCUT2D eigenvalue weighted by atomic mass is 16.2. The number of carbonyl (C=O) groups is 3. The number of aryl methyl sites for hydroxylation is 1. The fourth-order valence-electron chi connectivity index (χ4n) is 2.57. The quantitative estimate of drug-likeness (QED) is 0.462. The van der Waals surface area contributed by atoms with Gasteiger partial charge in [0.2, 0.25) is 11.9 Å². The highest BCUT2D eigenvalue weighted by Crippen LogP contribution is 2.13. The molecule has 0 aliphatic heterocycles. The van der Waals surface area contributed by atoms with Gasteiger partial charge in [-0.05, 0) is 55.5 Å². The van der Waals surface area contributed by atoms with Crippen LogP contribution in [0.25, 0.3) is 0 Å². The number of hydrogen-bond donors (Lipinski definition) is 3. The molecule has 0 aromatic heterocycles. The van der Waals surface area contributed by atoms with Gasteiger partial charge in [0, 0.05) is 16.7 Å². The van der Waals surface area contributed by atoms with E-state index in [9.17, 15) is 14.4 Å². The molecule has 0 aliphatic rings. The van der Waals surface area contributed by atoms with E-state index in [1.807, 2.05) is 19.1 Å². The Kier molecular flexibility index (Phi) is 6.34. The van der Waals surface area contributed by atoms with Gasteiger partial charge in [-0.15, -0.1) is 0 Å². The van der Waals surface area contributed by atoms with Crippen LogP contribution >= 0.6 is 0 Å². The Hall–Kier alpha value is -4.26. The Morgan fingerprint density at radius 2 is 1.20 bits per heavy atom. The number of aliphatic imine (C=N–C) groups is 1. The van der Waals surface area contributed by atoms with Crippen molar-refractivity contribution in [2.45, 2.75) is 6.92 Å². The van der Waals surface area contributed by atoms with Gasteiger partial charge in [0.15, 0.2) is 0 Å². The van der Waals surface area contributed by atoms with Crippen molar-refractivity contribution >= 4 is 29.4 Å². The first-order chi connectivity index (χ1) is 14.4. The molecule has 0 atom stereocenters. The minimum Gasteiger partial charge on any atom is -0.366 e. The van der Waals surface area contributed by atoms with Crippen molar-refractivity contribution in [3.63, 3.8) is 0 Å². The molecule has 7 heteroatoms. The molecule has 0 fully saturated rings. The highest BCUT2D eigenvalue weighted by molar-refractivity contribution is 6.13. The topological polar surface area (TPSA) is 114 Å². The van der Waals surface area contributed by atoms with Crippen molar-refractivity contribution in [1.29, 1.82) is 0 Å². The molecule has 0 aliphatic carbocycles. The van der Waals surface area contributed by atoms with Crippen LogP contribution in [0.5, 0.6) is 0 Å². The standard InChI is InChI=1S/C23H20N4O3/c1-15-7-9-18(10-8-15)22(30)27-23(26-21(29)17-5-3-2-4-6-17)25-19-13-11-16(12-14-19)20(24)28/h2-14H,1H3,(H2,24,28)(H2,25,26,27,29,30). The van der Waals surface area contributed by atoms with Crippen molar-refractivity contribution in [1.82, 2.24) is 10.6 Å². The number of nitrogens with two attached hydrogens (primary N) is 1. The number of nitrogens with zero attached hydrogens (tertiary/aromatic N) is 1. The molecule has 3 aromatic rings. The van der Waals surface area contributed by atoms with Gasteiger partial charge in [0.25, 0.3) is 11.8 Å². The van der Waals surface area contributed by atoms with Gasteiger partial charge in [0.1, 0.15) is 0 Å². The number of primary amides is 1. The summed E-state index contributed by atoms with van der Waals surface area (Å²) >= 11 is 0. The van der Waals surface area contributed by atoms with Crippen LogP contribution in [0.1, 0.15) is 36.6 Å². The maximum atomic E-state index is 12.6. The van der Waals surface area contributed by atoms with Gasteiger partial charge >= 0.3 is 0 Å². The second kappa shape index (κ2) is 9.29. The summed E-state index contributed by atoms with van der Waals surface area (Å²) in [6.45, 7) is 1.92. The summed E-state index contributed by atoms with van der Waals surface area (Å²) in [5.41, 5.74) is 7.86. The molecule has 0 saturated heterocycles. The first-order valence-corrected chi connectivity index (χ1v) is 9.15. The third kappa shape index (κ3) is 5.39. The van der Waals surface area contributed by atoms with Crippen LogP contribution in [0, 0.1) is 6.92 Å². The summed E-state index contributed by atoms with van der Waals surface area (Å²) < 4.78 is 0. The number of benzene rings is 3. The van der Waals surface area contributed by atoms with Crippen molar-refractivity contribution in [3.05, 3.63) is 101 Å². The molecule has 4 N–H and O–H groups in total. The molecule has 0 unspecified atom stereocenters. The zero-order valence-corrected chi connectivity index (χ0v) is 16.3. The summed E-state index contributed by atoms with van der Waals surface area (Å²) in [4.78, 5) is 40.7. The van der Waals surface area contributed by atoms with Crippen LogP contribution in [0.3, 0.4) is 0 Å². The normalized spacial score (nSPS) is 10.9. The van der Waals surface area contributed by atoms with Gasteiger partial charge in [-0.1, -0.05) is 35.9 Å². The van der Waals surface area contributed by atoms with Gasteiger partial charge in [-0.3, -0.25) is 25.0 Å². The van der Waals surface area contributed by atoms with Crippen LogP contribution in [-0.4, -0.2) is 23.7 Å². The second-order valence-corrected chi connectivity index (χ2v) is 6.51. The third-order valence-electron chi connectivity index (χ3n) is 4.21. The average molecular weight is 400 g/mol. The van der Waals surface area contributed by atoms with E-state index in [0.717, 1.165) is 5.56 Å². The SMILES string of the molecule is Cc1ccc(C(=O)NC(=Nc2ccc(C(N)=O)cc2)NC(=O)c2ccccc2)cc1. The van der Waals surface area contributed by atoms with E-state index >= 15 is 0 Å². The van der Waals surface area contributed by atoms with Crippen molar-refractivity contribution < 1.29 is 14.4 Å². The molecule has 3 amide bonds. The molecule has 0 spiro atoms. The van der Waals surface area contributed by atoms with Gasteiger partial charge in [-0.2, -0.15) is 0 Å². The lowest BCUT2D eigenvalue weighted by Crippen LogP contribution is -2.43. The van der Waals surface area contributed by atoms with Gasteiger partial charge in [-0.25, -0.2) is 4.99 Å². The van der Waals surface area contributed by atoms with Crippen LogP contribution in [0.15, 0.2) is 83.9 Å². The minimum atomic E-state index is -0.559. The molecule has 0 bridgehead atoms. The molecular weight excluding hydrogens is 380 g/mol. The largest absolute Gasteiger partial charge is 0.366 e. The van der Waals surface area contributed by atoms with Crippen LogP contribution in [0.4, 0.5) is 5.69 Å². The Morgan fingerprint density at radius 3 is 1.73 bits per heavy atom. The highest BCUT2D eigenvalue weighted by Gasteiger charge is 2.13. The molecule has 0 radical (unpaired) electrons. The molecule has 0 saturated carbocycles. The van der Waals surface area contributed by atoms with Gasteiger partial charge < -0.3 is 5.73 Å². The lowest BCUT2D eigenvalue weighted by molar-refractivity contribution is 0.0963. The maximum absolute atomic E-state index is 12.6. The molecule has 30 heavy (non-hydrogen) atoms. The summed E-state index contributed by atoms with van der Waals surface area (Å²) in [5.74, 6) is -1.44. The number of hydrogen-bond acceptors (Lipinski definition) is 4. The molecular formula is C23H20N4O3. The van der Waals surface area contributed by atoms with E-state index < -0.39 is 17.7 Å². The lowest BCUT2D eigenvalue weighted by atomic mass is 10.1. The van der Waals surface area contributed by atoms with Crippen LogP contribution in [-0.2, 0) is 0 Å². The number of nitrogens with one attached hydrogen (secondary N) is 2. The predicted molar refractivity (Wildman–Crippen MR) is 115 cm³/mol. The van der Waals surface area contributed by atoms with Gasteiger partial charge in [0.05, 0.1) is 5.69 Å². The number of guanidine groups is 1. The van der Waals surface area contributed by atoms with E-state index in [0.29, 0.717) is 22.4 Å². The van der Waals surface area contributed by atoms with E-state index in [4.69, 9.17) is 5.73 Å². The second-order valence-electron chi connectivity index (χ2n) is 6.51. The molecule has 150 valence electrons. The first-order valence-electron chi connectivity index (χ1n) is 9.15. The number of rotatable bonds is 4. The van der Waals surface area contributed by atoms with E-state index in [1.54, 1.807) is 54.6 Å². The van der Waals surface area contributed by atoms with E-state index in [1.165, 1.54) is 12.1 Å².